The summed E-state index contributed by atoms with van der Waals surface area (Å²) in [7, 11) is 1.73. The molecule has 0 aliphatic carbocycles. The summed E-state index contributed by atoms with van der Waals surface area (Å²) in [5.74, 6) is 5.35. The summed E-state index contributed by atoms with van der Waals surface area (Å²) in [5, 5.41) is 0. The maximum atomic E-state index is 13.4. The van der Waals surface area contributed by atoms with Crippen molar-refractivity contribution >= 4 is 6.34 Å². The molecule has 2 N–H and O–H groups in total. The zero-order chi connectivity index (χ0) is 13.7. The average molecular weight is 260 g/mol. The Kier molecular flexibility index (Phi) is 4.48. The van der Waals surface area contributed by atoms with Crippen LogP contribution in [0.5, 0.6) is 0 Å². The third-order valence-electron chi connectivity index (χ3n) is 3.11. The topological polar surface area (TPSA) is 54.5 Å². The maximum Gasteiger partial charge on any atom is 0.141 e. The number of likely N-dealkylation sites (tertiary alicyclic amines) is 1. The lowest BCUT2D eigenvalue weighted by Gasteiger charge is -2.22. The first-order chi connectivity index (χ1) is 9.26. The summed E-state index contributed by atoms with van der Waals surface area (Å²) in [4.78, 5) is 10.2. The van der Waals surface area contributed by atoms with Gasteiger partial charge in [0, 0.05) is 19.2 Å². The third-order valence-corrected chi connectivity index (χ3v) is 3.11. The molecule has 0 bridgehead atoms. The highest BCUT2D eigenvalue weighted by Gasteiger charge is 2.26. The first-order valence-electron chi connectivity index (χ1n) is 6.28. The van der Waals surface area contributed by atoms with Gasteiger partial charge in [0.15, 0.2) is 0 Å². The molecular weight excluding hydrogens is 243 g/mol. The van der Waals surface area contributed by atoms with Crippen molar-refractivity contribution in [3.8, 4) is 11.8 Å². The lowest BCUT2D eigenvalue weighted by atomic mass is 10.0. The monoisotopic (exact) mass is 260 g/mol. The molecule has 4 nitrogen and oxygen atoms in total. The summed E-state index contributed by atoms with van der Waals surface area (Å²) in [6, 6.07) is 1.61. The van der Waals surface area contributed by atoms with Gasteiger partial charge in [-0.3, -0.25) is 4.99 Å². The van der Waals surface area contributed by atoms with E-state index in [4.69, 9.17) is 5.73 Å². The van der Waals surface area contributed by atoms with Crippen LogP contribution < -0.4 is 5.73 Å². The van der Waals surface area contributed by atoms with Gasteiger partial charge < -0.3 is 10.6 Å². The fraction of sp³-hybridized carbons (Fsp3) is 0.429. The van der Waals surface area contributed by atoms with Crippen molar-refractivity contribution in [1.29, 1.82) is 0 Å². The van der Waals surface area contributed by atoms with Gasteiger partial charge in [-0.25, -0.2) is 9.37 Å². The van der Waals surface area contributed by atoms with Crippen LogP contribution in [-0.4, -0.2) is 36.4 Å². The van der Waals surface area contributed by atoms with Crippen molar-refractivity contribution in [2.75, 3.05) is 20.1 Å². The van der Waals surface area contributed by atoms with Gasteiger partial charge in [-0.05, 0) is 24.8 Å². The molecule has 1 saturated heterocycles. The van der Waals surface area contributed by atoms with E-state index in [1.807, 2.05) is 0 Å². The van der Waals surface area contributed by atoms with Crippen LogP contribution in [0, 0.1) is 17.7 Å². The fourth-order valence-corrected chi connectivity index (χ4v) is 2.36. The second kappa shape index (κ2) is 6.30. The molecule has 0 amide bonds. The van der Waals surface area contributed by atoms with E-state index in [-0.39, 0.29) is 18.4 Å². The highest BCUT2D eigenvalue weighted by molar-refractivity contribution is 5.57. The second-order valence-corrected chi connectivity index (χ2v) is 4.37. The normalized spacial score (nSPS) is 18.7. The summed E-state index contributed by atoms with van der Waals surface area (Å²) >= 11 is 0. The van der Waals surface area contributed by atoms with E-state index in [0.29, 0.717) is 5.69 Å². The highest BCUT2D eigenvalue weighted by atomic mass is 19.1. The number of nitrogens with two attached hydrogens (primary N) is 1. The van der Waals surface area contributed by atoms with Crippen molar-refractivity contribution in [2.24, 2.45) is 10.7 Å². The number of hydrogen-bond acceptors (Lipinski definition) is 3. The molecule has 2 rings (SSSR count). The standard InChI is InChI=1S/C14H17FN4/c1-17-10-19-7-3-5-14(19)12-8-11(15)9-18-13(12)4-2-6-16/h8-10,14H,3,5-7,16H2,1H3/t14-/m1/s1. The van der Waals surface area contributed by atoms with Crippen LogP contribution in [0.4, 0.5) is 4.39 Å². The van der Waals surface area contributed by atoms with Crippen LogP contribution in [0.1, 0.15) is 30.1 Å². The first kappa shape index (κ1) is 13.5. The smallest absolute Gasteiger partial charge is 0.141 e. The van der Waals surface area contributed by atoms with Gasteiger partial charge in [0.2, 0.25) is 0 Å². The lowest BCUT2D eigenvalue weighted by molar-refractivity contribution is 0.408. The molecule has 0 radical (unpaired) electrons. The maximum absolute atomic E-state index is 13.4. The molecule has 0 aromatic carbocycles. The van der Waals surface area contributed by atoms with Crippen molar-refractivity contribution < 1.29 is 4.39 Å². The van der Waals surface area contributed by atoms with E-state index in [2.05, 4.69) is 26.7 Å². The number of aliphatic imine (C=N–C) groups is 1. The third kappa shape index (κ3) is 3.09. The largest absolute Gasteiger partial charge is 0.356 e. The highest BCUT2D eigenvalue weighted by Crippen LogP contribution is 2.32. The van der Waals surface area contributed by atoms with Crippen molar-refractivity contribution in [3.05, 3.63) is 29.3 Å². The fourth-order valence-electron chi connectivity index (χ4n) is 2.36. The van der Waals surface area contributed by atoms with Crippen LogP contribution in [0.2, 0.25) is 0 Å². The molecule has 19 heavy (non-hydrogen) atoms. The van der Waals surface area contributed by atoms with E-state index in [9.17, 15) is 4.39 Å². The minimum absolute atomic E-state index is 0.0916. The minimum atomic E-state index is -0.339. The molecule has 1 aromatic rings. The van der Waals surface area contributed by atoms with Gasteiger partial charge in [-0.15, -0.1) is 0 Å². The van der Waals surface area contributed by atoms with Crippen LogP contribution in [0.25, 0.3) is 0 Å². The second-order valence-electron chi connectivity index (χ2n) is 4.37. The van der Waals surface area contributed by atoms with Crippen LogP contribution in [0.3, 0.4) is 0 Å². The van der Waals surface area contributed by atoms with Crippen molar-refractivity contribution in [1.82, 2.24) is 9.88 Å². The molecule has 0 saturated carbocycles. The van der Waals surface area contributed by atoms with Crippen molar-refractivity contribution in [3.63, 3.8) is 0 Å². The SMILES string of the molecule is CN=CN1CCC[C@@H]1c1cc(F)cnc1C#CCN. The zero-order valence-electron chi connectivity index (χ0n) is 10.9. The molecule has 100 valence electrons. The molecular formula is C14H17FN4. The number of halogens is 1. The molecule has 5 heteroatoms. The lowest BCUT2D eigenvalue weighted by Crippen LogP contribution is -2.22. The van der Waals surface area contributed by atoms with Gasteiger partial charge in [-0.1, -0.05) is 5.92 Å². The Morgan fingerprint density at radius 1 is 1.68 bits per heavy atom. The quantitative estimate of drug-likeness (QED) is 0.496. The predicted octanol–water partition coefficient (Wildman–Crippen LogP) is 1.33. The average Bonchev–Trinajstić information content (AvgIpc) is 2.86. The van der Waals surface area contributed by atoms with E-state index < -0.39 is 0 Å². The number of aromatic nitrogens is 1. The summed E-state index contributed by atoms with van der Waals surface area (Å²) in [6.45, 7) is 1.19. The Balaban J connectivity index is 2.39. The van der Waals surface area contributed by atoms with Gasteiger partial charge in [0.05, 0.1) is 25.1 Å². The Morgan fingerprint density at radius 3 is 3.26 bits per heavy atom. The predicted molar refractivity (Wildman–Crippen MR) is 73.2 cm³/mol. The Hall–Kier alpha value is -1.93. The van der Waals surface area contributed by atoms with Gasteiger partial charge in [0.25, 0.3) is 0 Å². The molecule has 0 unspecified atom stereocenters. The summed E-state index contributed by atoms with van der Waals surface area (Å²) in [5.41, 5.74) is 6.80. The van der Waals surface area contributed by atoms with Gasteiger partial charge in [-0.2, -0.15) is 0 Å². The molecule has 1 fully saturated rings. The van der Waals surface area contributed by atoms with Gasteiger partial charge in [0.1, 0.15) is 11.5 Å². The number of nitrogens with zero attached hydrogens (tertiary/aromatic N) is 3. The van der Waals surface area contributed by atoms with Gasteiger partial charge >= 0.3 is 0 Å². The summed E-state index contributed by atoms with van der Waals surface area (Å²) in [6.07, 6.45) is 4.99. The number of hydrogen-bond donors (Lipinski definition) is 1. The van der Waals surface area contributed by atoms with E-state index in [1.54, 1.807) is 13.4 Å². The number of rotatable bonds is 2. The Bertz CT molecular complexity index is 530. The molecule has 1 aromatic heterocycles. The van der Waals surface area contributed by atoms with E-state index >= 15 is 0 Å². The Morgan fingerprint density at radius 2 is 2.53 bits per heavy atom. The zero-order valence-corrected chi connectivity index (χ0v) is 10.9. The van der Waals surface area contributed by atoms with Crippen LogP contribution in [-0.2, 0) is 0 Å². The van der Waals surface area contributed by atoms with Crippen molar-refractivity contribution in [2.45, 2.75) is 18.9 Å². The molecule has 1 aliphatic heterocycles. The molecule has 1 aliphatic rings. The molecule has 1 atom stereocenters. The van der Waals surface area contributed by atoms with E-state index in [1.165, 1.54) is 12.3 Å². The minimum Gasteiger partial charge on any atom is -0.356 e. The Labute approximate surface area is 112 Å². The van der Waals surface area contributed by atoms with Crippen LogP contribution in [0.15, 0.2) is 17.3 Å². The van der Waals surface area contributed by atoms with E-state index in [0.717, 1.165) is 24.9 Å². The number of pyridine rings is 1. The molecule has 2 heterocycles. The molecule has 0 spiro atoms. The first-order valence-corrected chi connectivity index (χ1v) is 6.28. The van der Waals surface area contributed by atoms with Crippen LogP contribution >= 0.6 is 0 Å². The summed E-state index contributed by atoms with van der Waals surface area (Å²) < 4.78 is 13.4.